The van der Waals surface area contributed by atoms with Gasteiger partial charge in [0.05, 0.1) is 12.6 Å². The predicted octanol–water partition coefficient (Wildman–Crippen LogP) is 2.22. The Morgan fingerprint density at radius 2 is 1.88 bits per heavy atom. The lowest BCUT2D eigenvalue weighted by Gasteiger charge is -2.27. The molecule has 1 unspecified atom stereocenters. The quantitative estimate of drug-likeness (QED) is 0.715. The Hall–Kier alpha value is -1.20. The van der Waals surface area contributed by atoms with Gasteiger partial charge in [-0.3, -0.25) is 9.69 Å². The molecule has 1 heterocycles. The van der Waals surface area contributed by atoms with E-state index in [1.807, 2.05) is 0 Å². The van der Waals surface area contributed by atoms with Gasteiger partial charge in [-0.15, -0.1) is 0 Å². The highest BCUT2D eigenvalue weighted by atomic mass is 19.3. The highest BCUT2D eigenvalue weighted by molar-refractivity contribution is 5.86. The molecule has 0 bridgehead atoms. The Bertz CT molecular complexity index is 336. The van der Waals surface area contributed by atoms with Crippen LogP contribution in [0, 0.1) is 0 Å². The van der Waals surface area contributed by atoms with Crippen molar-refractivity contribution in [1.82, 2.24) is 4.90 Å². The van der Waals surface area contributed by atoms with Crippen LogP contribution in [-0.4, -0.2) is 40.9 Å². The molecule has 1 saturated heterocycles. The molecular formula is C11H17F2NO3. The van der Waals surface area contributed by atoms with Crippen LogP contribution in [0.1, 0.15) is 34.1 Å². The van der Waals surface area contributed by atoms with Crippen molar-refractivity contribution in [2.45, 2.75) is 51.7 Å². The second-order valence-electron chi connectivity index (χ2n) is 5.29. The van der Waals surface area contributed by atoms with E-state index < -0.39 is 42.4 Å². The maximum absolute atomic E-state index is 13.2. The topological polar surface area (TPSA) is 46.6 Å². The highest BCUT2D eigenvalue weighted by Gasteiger charge is 2.49. The number of ketones is 1. The minimum Gasteiger partial charge on any atom is -0.444 e. The molecule has 98 valence electrons. The number of alkyl halides is 2. The van der Waals surface area contributed by atoms with Crippen LogP contribution >= 0.6 is 0 Å². The molecule has 1 atom stereocenters. The van der Waals surface area contributed by atoms with Crippen LogP contribution in [0.4, 0.5) is 13.6 Å². The zero-order chi connectivity index (χ0) is 13.4. The van der Waals surface area contributed by atoms with Gasteiger partial charge in [-0.25, -0.2) is 13.6 Å². The number of nitrogens with zero attached hydrogens (tertiary/aromatic N) is 1. The lowest BCUT2D eigenvalue weighted by atomic mass is 10.1. The monoisotopic (exact) mass is 249 g/mol. The van der Waals surface area contributed by atoms with Crippen molar-refractivity contribution in [3.63, 3.8) is 0 Å². The van der Waals surface area contributed by atoms with Gasteiger partial charge in [-0.1, -0.05) is 0 Å². The number of carbonyl (C=O) groups excluding carboxylic acids is 2. The molecular weight excluding hydrogens is 232 g/mol. The second-order valence-corrected chi connectivity index (χ2v) is 5.29. The van der Waals surface area contributed by atoms with Gasteiger partial charge >= 0.3 is 6.09 Å². The Kier molecular flexibility index (Phi) is 3.45. The standard InChI is InChI=1S/C11H17F2NO3/c1-7(15)8-5-11(12,13)6-14(8)9(16)17-10(2,3)4/h8H,5-6H2,1-4H3. The molecule has 6 heteroatoms. The number of likely N-dealkylation sites (tertiary alicyclic amines) is 1. The Morgan fingerprint density at radius 1 is 1.35 bits per heavy atom. The minimum absolute atomic E-state index is 0.451. The molecule has 0 N–H and O–H groups in total. The summed E-state index contributed by atoms with van der Waals surface area (Å²) >= 11 is 0. The summed E-state index contributed by atoms with van der Waals surface area (Å²) in [6, 6.07) is -1.08. The van der Waals surface area contributed by atoms with Crippen molar-refractivity contribution in [1.29, 1.82) is 0 Å². The summed E-state index contributed by atoms with van der Waals surface area (Å²) in [5, 5.41) is 0. The van der Waals surface area contributed by atoms with Crippen LogP contribution in [0.5, 0.6) is 0 Å². The van der Waals surface area contributed by atoms with Gasteiger partial charge in [0.2, 0.25) is 0 Å². The van der Waals surface area contributed by atoms with Gasteiger partial charge in [0.15, 0.2) is 5.78 Å². The smallest absolute Gasteiger partial charge is 0.411 e. The van der Waals surface area contributed by atoms with Crippen molar-refractivity contribution < 1.29 is 23.1 Å². The number of rotatable bonds is 1. The van der Waals surface area contributed by atoms with Gasteiger partial charge in [-0.2, -0.15) is 0 Å². The van der Waals surface area contributed by atoms with Crippen LogP contribution < -0.4 is 0 Å². The molecule has 0 spiro atoms. The van der Waals surface area contributed by atoms with Gasteiger partial charge in [0.1, 0.15) is 5.60 Å². The third kappa shape index (κ3) is 3.64. The van der Waals surface area contributed by atoms with E-state index in [2.05, 4.69) is 0 Å². The zero-order valence-corrected chi connectivity index (χ0v) is 10.4. The second kappa shape index (κ2) is 4.23. The first-order valence-electron chi connectivity index (χ1n) is 5.40. The normalized spacial score (nSPS) is 23.6. The molecule has 0 aliphatic carbocycles. The number of carbonyl (C=O) groups is 2. The summed E-state index contributed by atoms with van der Waals surface area (Å²) < 4.78 is 31.4. The number of hydrogen-bond donors (Lipinski definition) is 0. The van der Waals surface area contributed by atoms with Crippen molar-refractivity contribution in [2.75, 3.05) is 6.54 Å². The third-order valence-electron chi connectivity index (χ3n) is 2.37. The molecule has 17 heavy (non-hydrogen) atoms. The molecule has 1 rings (SSSR count). The van der Waals surface area contributed by atoms with Crippen LogP contribution in [0.15, 0.2) is 0 Å². The van der Waals surface area contributed by atoms with E-state index >= 15 is 0 Å². The Balaban J connectivity index is 2.81. The van der Waals surface area contributed by atoms with E-state index in [9.17, 15) is 18.4 Å². The average Bonchev–Trinajstić information content (AvgIpc) is 2.38. The number of amides is 1. The lowest BCUT2D eigenvalue weighted by molar-refractivity contribution is -0.121. The molecule has 0 aromatic carbocycles. The number of halogens is 2. The summed E-state index contributed by atoms with van der Waals surface area (Å²) in [5.41, 5.74) is -0.768. The molecule has 0 saturated carbocycles. The SMILES string of the molecule is CC(=O)C1CC(F)(F)CN1C(=O)OC(C)(C)C. The van der Waals surface area contributed by atoms with E-state index in [-0.39, 0.29) is 0 Å². The summed E-state index contributed by atoms with van der Waals surface area (Å²) in [5.74, 6) is -3.47. The Labute approximate surface area is 98.9 Å². The summed E-state index contributed by atoms with van der Waals surface area (Å²) in [6.45, 7) is 5.36. The highest BCUT2D eigenvalue weighted by Crippen LogP contribution is 2.33. The first-order valence-corrected chi connectivity index (χ1v) is 5.40. The van der Waals surface area contributed by atoms with E-state index in [0.717, 1.165) is 4.90 Å². The van der Waals surface area contributed by atoms with Crippen LogP contribution in [0.25, 0.3) is 0 Å². The summed E-state index contributed by atoms with van der Waals surface area (Å²) in [7, 11) is 0. The maximum atomic E-state index is 13.2. The van der Waals surface area contributed by atoms with Gasteiger partial charge in [0.25, 0.3) is 5.92 Å². The molecule has 1 aliphatic heterocycles. The van der Waals surface area contributed by atoms with Crippen molar-refractivity contribution >= 4 is 11.9 Å². The van der Waals surface area contributed by atoms with E-state index in [1.54, 1.807) is 20.8 Å². The van der Waals surface area contributed by atoms with Gasteiger partial charge in [0, 0.05) is 6.42 Å². The van der Waals surface area contributed by atoms with Crippen LogP contribution in [0.2, 0.25) is 0 Å². The molecule has 1 amide bonds. The zero-order valence-electron chi connectivity index (χ0n) is 10.4. The van der Waals surface area contributed by atoms with Crippen molar-refractivity contribution in [3.05, 3.63) is 0 Å². The summed E-state index contributed by atoms with van der Waals surface area (Å²) in [6.07, 6.45) is -1.49. The summed E-state index contributed by atoms with van der Waals surface area (Å²) in [4.78, 5) is 23.7. The van der Waals surface area contributed by atoms with E-state index in [0.29, 0.717) is 0 Å². The largest absolute Gasteiger partial charge is 0.444 e. The van der Waals surface area contributed by atoms with E-state index in [1.165, 1.54) is 6.92 Å². The average molecular weight is 249 g/mol. The van der Waals surface area contributed by atoms with Gasteiger partial charge in [-0.05, 0) is 27.7 Å². The molecule has 0 aromatic heterocycles. The van der Waals surface area contributed by atoms with E-state index in [4.69, 9.17) is 4.74 Å². The van der Waals surface area contributed by atoms with Crippen molar-refractivity contribution in [2.24, 2.45) is 0 Å². The molecule has 0 radical (unpaired) electrons. The predicted molar refractivity (Wildman–Crippen MR) is 57.0 cm³/mol. The van der Waals surface area contributed by atoms with Crippen LogP contribution in [0.3, 0.4) is 0 Å². The Morgan fingerprint density at radius 3 is 2.29 bits per heavy atom. The molecule has 4 nitrogen and oxygen atoms in total. The van der Waals surface area contributed by atoms with Crippen LogP contribution in [-0.2, 0) is 9.53 Å². The fourth-order valence-electron chi connectivity index (χ4n) is 1.69. The third-order valence-corrected chi connectivity index (χ3v) is 2.37. The fraction of sp³-hybridized carbons (Fsp3) is 0.818. The van der Waals surface area contributed by atoms with Gasteiger partial charge < -0.3 is 4.74 Å². The number of ether oxygens (including phenoxy) is 1. The number of Topliss-reactive ketones (excluding diaryl/α,β-unsaturated/α-hetero) is 1. The minimum atomic E-state index is -3.02. The maximum Gasteiger partial charge on any atom is 0.411 e. The first kappa shape index (κ1) is 13.9. The first-order chi connectivity index (χ1) is 7.52. The molecule has 1 aliphatic rings. The number of hydrogen-bond acceptors (Lipinski definition) is 3. The van der Waals surface area contributed by atoms with Crippen molar-refractivity contribution in [3.8, 4) is 0 Å². The lowest BCUT2D eigenvalue weighted by Crippen LogP contribution is -2.43. The molecule has 1 fully saturated rings. The molecule has 0 aromatic rings. The fourth-order valence-corrected chi connectivity index (χ4v) is 1.69.